The topological polar surface area (TPSA) is 84.5 Å². The SMILES string of the molecule is CNC(=O)COc1ccc(S(=O)(=O)Nc2cc(Cl)cc(Cl)c2)cc1. The number of hydrogen-bond donors (Lipinski definition) is 2. The number of ether oxygens (including phenoxy) is 1. The molecule has 0 aliphatic rings. The fourth-order valence-corrected chi connectivity index (χ4v) is 3.33. The summed E-state index contributed by atoms with van der Waals surface area (Å²) in [6, 6.07) is 10.1. The summed E-state index contributed by atoms with van der Waals surface area (Å²) in [4.78, 5) is 11.1. The van der Waals surface area contributed by atoms with Crippen LogP contribution in [0.4, 0.5) is 5.69 Å². The lowest BCUT2D eigenvalue weighted by molar-refractivity contribution is -0.122. The van der Waals surface area contributed by atoms with Gasteiger partial charge in [0.05, 0.1) is 10.6 Å². The second-order valence-corrected chi connectivity index (χ2v) is 7.25. The van der Waals surface area contributed by atoms with E-state index >= 15 is 0 Å². The van der Waals surface area contributed by atoms with Crippen molar-refractivity contribution in [3.8, 4) is 5.75 Å². The Kier molecular flexibility index (Phi) is 5.93. The average molecular weight is 389 g/mol. The zero-order chi connectivity index (χ0) is 17.7. The highest BCUT2D eigenvalue weighted by atomic mass is 35.5. The third-order valence-electron chi connectivity index (χ3n) is 2.90. The van der Waals surface area contributed by atoms with Crippen molar-refractivity contribution in [1.29, 1.82) is 0 Å². The van der Waals surface area contributed by atoms with Crippen LogP contribution in [0.1, 0.15) is 0 Å². The van der Waals surface area contributed by atoms with Crippen LogP contribution in [0.15, 0.2) is 47.4 Å². The summed E-state index contributed by atoms with van der Waals surface area (Å²) in [5, 5.41) is 3.05. The normalized spacial score (nSPS) is 11.0. The number of carbonyl (C=O) groups is 1. The summed E-state index contributed by atoms with van der Waals surface area (Å²) in [7, 11) is -2.31. The second-order valence-electron chi connectivity index (χ2n) is 4.70. The number of carbonyl (C=O) groups excluding carboxylic acids is 1. The predicted octanol–water partition coefficient (Wildman–Crippen LogP) is 2.92. The van der Waals surface area contributed by atoms with E-state index < -0.39 is 10.0 Å². The first-order chi connectivity index (χ1) is 11.3. The number of amides is 1. The lowest BCUT2D eigenvalue weighted by Gasteiger charge is -2.10. The van der Waals surface area contributed by atoms with Crippen LogP contribution in [0.3, 0.4) is 0 Å². The van der Waals surface area contributed by atoms with Crippen molar-refractivity contribution in [2.24, 2.45) is 0 Å². The first-order valence-corrected chi connectivity index (χ1v) is 8.96. The molecule has 0 saturated heterocycles. The minimum Gasteiger partial charge on any atom is -0.484 e. The molecule has 0 saturated carbocycles. The molecule has 0 heterocycles. The quantitative estimate of drug-likeness (QED) is 0.796. The fourth-order valence-electron chi connectivity index (χ4n) is 1.76. The minimum absolute atomic E-state index is 0.0332. The van der Waals surface area contributed by atoms with Gasteiger partial charge in [-0.15, -0.1) is 0 Å². The smallest absolute Gasteiger partial charge is 0.261 e. The van der Waals surface area contributed by atoms with Gasteiger partial charge in [0, 0.05) is 17.1 Å². The molecule has 0 aromatic heterocycles. The van der Waals surface area contributed by atoms with Crippen LogP contribution >= 0.6 is 23.2 Å². The first-order valence-electron chi connectivity index (χ1n) is 6.72. The number of rotatable bonds is 6. The highest BCUT2D eigenvalue weighted by molar-refractivity contribution is 7.92. The van der Waals surface area contributed by atoms with Gasteiger partial charge >= 0.3 is 0 Å². The van der Waals surface area contributed by atoms with Gasteiger partial charge in [0.25, 0.3) is 15.9 Å². The molecule has 0 aliphatic heterocycles. The number of likely N-dealkylation sites (N-methyl/N-ethyl adjacent to an activating group) is 1. The molecule has 128 valence electrons. The van der Waals surface area contributed by atoms with Crippen molar-refractivity contribution < 1.29 is 17.9 Å². The van der Waals surface area contributed by atoms with Gasteiger partial charge in [0.2, 0.25) is 0 Å². The fraction of sp³-hybridized carbons (Fsp3) is 0.133. The van der Waals surface area contributed by atoms with E-state index in [1.165, 1.54) is 49.5 Å². The molecular weight excluding hydrogens is 375 g/mol. The highest BCUT2D eigenvalue weighted by Gasteiger charge is 2.15. The second kappa shape index (κ2) is 7.74. The van der Waals surface area contributed by atoms with Gasteiger partial charge in [0.1, 0.15) is 5.75 Å². The summed E-state index contributed by atoms with van der Waals surface area (Å²) >= 11 is 11.7. The van der Waals surface area contributed by atoms with E-state index in [0.717, 1.165) is 0 Å². The molecule has 2 N–H and O–H groups in total. The van der Waals surface area contributed by atoms with Crippen molar-refractivity contribution >= 4 is 44.8 Å². The molecule has 6 nitrogen and oxygen atoms in total. The lowest BCUT2D eigenvalue weighted by atomic mass is 10.3. The van der Waals surface area contributed by atoms with Gasteiger partial charge in [-0.3, -0.25) is 9.52 Å². The number of benzene rings is 2. The molecule has 0 aliphatic carbocycles. The first kappa shape index (κ1) is 18.4. The Morgan fingerprint density at radius 2 is 1.67 bits per heavy atom. The van der Waals surface area contributed by atoms with Gasteiger partial charge in [-0.05, 0) is 42.5 Å². The molecule has 0 fully saturated rings. The van der Waals surface area contributed by atoms with Gasteiger partial charge < -0.3 is 10.1 Å². The van der Waals surface area contributed by atoms with Crippen LogP contribution in [0.2, 0.25) is 10.0 Å². The van der Waals surface area contributed by atoms with Crippen molar-refractivity contribution in [3.63, 3.8) is 0 Å². The molecule has 0 bridgehead atoms. The number of halogens is 2. The van der Waals surface area contributed by atoms with Crippen LogP contribution in [0, 0.1) is 0 Å². The summed E-state index contributed by atoms with van der Waals surface area (Å²) < 4.78 is 32.3. The van der Waals surface area contributed by atoms with Gasteiger partial charge in [-0.25, -0.2) is 8.42 Å². The van der Waals surface area contributed by atoms with Gasteiger partial charge in [-0.2, -0.15) is 0 Å². The molecule has 24 heavy (non-hydrogen) atoms. The van der Waals surface area contributed by atoms with Crippen molar-refractivity contribution in [3.05, 3.63) is 52.5 Å². The number of anilines is 1. The van der Waals surface area contributed by atoms with Crippen molar-refractivity contribution in [2.45, 2.75) is 4.90 Å². The van der Waals surface area contributed by atoms with Crippen LogP contribution in [0.5, 0.6) is 5.75 Å². The largest absolute Gasteiger partial charge is 0.484 e. The molecule has 0 atom stereocenters. The molecule has 2 aromatic carbocycles. The van der Waals surface area contributed by atoms with E-state index in [-0.39, 0.29) is 23.1 Å². The maximum atomic E-state index is 12.3. The molecular formula is C15H14Cl2N2O4S. The molecule has 2 aromatic rings. The molecule has 0 radical (unpaired) electrons. The number of nitrogens with one attached hydrogen (secondary N) is 2. The third-order valence-corrected chi connectivity index (χ3v) is 4.73. The van der Waals surface area contributed by atoms with Crippen LogP contribution < -0.4 is 14.8 Å². The Hall–Kier alpha value is -1.96. The Bertz CT molecular complexity index is 819. The summed E-state index contributed by atoms with van der Waals surface area (Å²) in [5.41, 5.74) is 0.257. The zero-order valence-electron chi connectivity index (χ0n) is 12.5. The summed E-state index contributed by atoms with van der Waals surface area (Å²) in [5.74, 6) is 0.0922. The van der Waals surface area contributed by atoms with Gasteiger partial charge in [0.15, 0.2) is 6.61 Å². The Balaban J connectivity index is 2.13. The maximum absolute atomic E-state index is 12.3. The van der Waals surface area contributed by atoms with E-state index in [9.17, 15) is 13.2 Å². The molecule has 1 amide bonds. The van der Waals surface area contributed by atoms with Crippen LogP contribution in [-0.2, 0) is 14.8 Å². The van der Waals surface area contributed by atoms with E-state index in [2.05, 4.69) is 10.0 Å². The van der Waals surface area contributed by atoms with E-state index in [1.807, 2.05) is 0 Å². The Morgan fingerprint density at radius 1 is 1.08 bits per heavy atom. The van der Waals surface area contributed by atoms with E-state index in [1.54, 1.807) is 0 Å². The number of sulfonamides is 1. The predicted molar refractivity (Wildman–Crippen MR) is 93.3 cm³/mol. The Labute approximate surface area is 149 Å². The summed E-state index contributed by atoms with van der Waals surface area (Å²) in [6.45, 7) is -0.151. The molecule has 9 heteroatoms. The van der Waals surface area contributed by atoms with Crippen molar-refractivity contribution in [1.82, 2.24) is 5.32 Å². The molecule has 0 spiro atoms. The highest BCUT2D eigenvalue weighted by Crippen LogP contribution is 2.25. The zero-order valence-corrected chi connectivity index (χ0v) is 14.9. The average Bonchev–Trinajstić information content (AvgIpc) is 2.51. The standard InChI is InChI=1S/C15H14Cl2N2O4S/c1-18-15(20)9-23-13-2-4-14(5-3-13)24(21,22)19-12-7-10(16)6-11(17)8-12/h2-8,19H,9H2,1H3,(H,18,20). The van der Waals surface area contributed by atoms with E-state index in [4.69, 9.17) is 27.9 Å². The Morgan fingerprint density at radius 3 is 2.21 bits per heavy atom. The number of hydrogen-bond acceptors (Lipinski definition) is 4. The summed E-state index contributed by atoms with van der Waals surface area (Å²) in [6.07, 6.45) is 0. The minimum atomic E-state index is -3.80. The monoisotopic (exact) mass is 388 g/mol. The van der Waals surface area contributed by atoms with Crippen molar-refractivity contribution in [2.75, 3.05) is 18.4 Å². The molecule has 2 rings (SSSR count). The van der Waals surface area contributed by atoms with E-state index in [0.29, 0.717) is 15.8 Å². The maximum Gasteiger partial charge on any atom is 0.261 e. The lowest BCUT2D eigenvalue weighted by Crippen LogP contribution is -2.24. The third kappa shape index (κ3) is 5.02. The molecule has 0 unspecified atom stereocenters. The van der Waals surface area contributed by atoms with Gasteiger partial charge in [-0.1, -0.05) is 23.2 Å². The van der Waals surface area contributed by atoms with Crippen LogP contribution in [0.25, 0.3) is 0 Å². The van der Waals surface area contributed by atoms with Crippen LogP contribution in [-0.4, -0.2) is 28.0 Å².